The highest BCUT2D eigenvalue weighted by molar-refractivity contribution is 6.33. The lowest BCUT2D eigenvalue weighted by molar-refractivity contribution is -0.346. The average Bonchev–Trinajstić information content (AvgIpc) is 0.668. The topological polar surface area (TPSA) is 487 Å². The summed E-state index contributed by atoms with van der Waals surface area (Å²) in [5.41, 5.74) is -1.18. The summed E-state index contributed by atoms with van der Waals surface area (Å²) < 4.78 is 53.8. The molecule has 2 saturated carbocycles. The highest BCUT2D eigenvalue weighted by Gasteiger charge is 2.78. The number of nitrogens with two attached hydrogens (primary N) is 1. The molecule has 11 N–H and O–H groups in total. The maximum atomic E-state index is 15.9. The number of ether oxygens (including phenoxy) is 9. The van der Waals surface area contributed by atoms with Crippen molar-refractivity contribution in [2.45, 2.75) is 139 Å². The molecule has 114 heavy (non-hydrogen) atoms. The van der Waals surface area contributed by atoms with Crippen LogP contribution in [0.3, 0.4) is 0 Å². The molecule has 3 aliphatic carbocycles. The van der Waals surface area contributed by atoms with Crippen LogP contribution in [0.1, 0.15) is 110 Å². The van der Waals surface area contributed by atoms with Gasteiger partial charge in [-0.15, -0.1) is 0 Å². The number of carboxylic acids is 1. The molecule has 0 spiro atoms. The summed E-state index contributed by atoms with van der Waals surface area (Å²) in [5, 5.41) is 52.4. The van der Waals surface area contributed by atoms with Gasteiger partial charge in [-0.05, 0) is 92.6 Å². The van der Waals surface area contributed by atoms with Gasteiger partial charge in [0, 0.05) is 74.6 Å². The van der Waals surface area contributed by atoms with Crippen molar-refractivity contribution in [2.75, 3.05) is 91.3 Å². The minimum Gasteiger partial charge on any atom is -0.480 e. The molecule has 14 atom stereocenters. The van der Waals surface area contributed by atoms with Crippen LogP contribution in [0.15, 0.2) is 141 Å². The number of hydrogen-bond acceptors (Lipinski definition) is 29. The molecule has 4 aromatic carbocycles. The van der Waals surface area contributed by atoms with Gasteiger partial charge in [-0.3, -0.25) is 63.4 Å². The standard InChI is InChI=1S/C79H95N11O24/c1-44-54(38-79(105)67(113-73(103)50-21-15-10-16-22-50)65-77(6,55(93)37-56-78(65,43-109-56)114-46(3)92)66(97)63(110-45(2)91)60(44)76(79,4)5)111-74(104)64(61(47-17-11-8-12-18-47)87-70(99)48-19-13-9-14-20-48)112-59(96)42-90(7)41-58(95)82-30-32-107-34-36-108-35-33-106-31-29-81-57(94)28-27-53(72(101)102)86-69(98)49-23-25-51(26-24-49)83-39-52-40-84-68-62(85-52)71(100)89-75(80)88-68/h8-26,40,53-56,61-65,67-68,83,93,105H,27-39,41-43H2,1-7H3,(H,81,94)(H,82,95)(H,86,98)(H,87,99)(H,101,102)(H3,80,88,89,100)/t53-,54-,55-,56+,61-,62?,63+,64+,65-,67-,68?,77+,78-,79+/m0/s1. The summed E-state index contributed by atoms with van der Waals surface area (Å²) in [6, 6.07) is 26.1. The molecular weight excluding hydrogens is 1490 g/mol. The van der Waals surface area contributed by atoms with Crippen molar-refractivity contribution in [3.8, 4) is 0 Å². The van der Waals surface area contributed by atoms with E-state index in [1.807, 2.05) is 0 Å². The number of ketones is 1. The van der Waals surface area contributed by atoms with Gasteiger partial charge in [0.2, 0.25) is 17.9 Å². The minimum atomic E-state index is -2.55. The number of guanidine groups is 1. The molecule has 3 fully saturated rings. The van der Waals surface area contributed by atoms with Crippen molar-refractivity contribution in [1.29, 1.82) is 0 Å². The number of fused-ring (bicyclic) bond motifs is 6. The Hall–Kier alpha value is -11.2. The monoisotopic (exact) mass is 1580 g/mol. The number of aliphatic imine (C=N–C) groups is 3. The zero-order chi connectivity index (χ0) is 82.2. The predicted octanol–water partition coefficient (Wildman–Crippen LogP) is 1.24. The summed E-state index contributed by atoms with van der Waals surface area (Å²) in [6.45, 7) is 7.84. The number of aliphatic hydroxyl groups is 2. The Balaban J connectivity index is 0.707. The summed E-state index contributed by atoms with van der Waals surface area (Å²) in [6.07, 6.45) is -11.0. The third-order valence-electron chi connectivity index (χ3n) is 21.0. The predicted molar refractivity (Wildman–Crippen MR) is 404 cm³/mol. The van der Waals surface area contributed by atoms with Crippen LogP contribution in [0.25, 0.3) is 0 Å². The van der Waals surface area contributed by atoms with Crippen molar-refractivity contribution in [1.82, 2.24) is 31.5 Å². The summed E-state index contributed by atoms with van der Waals surface area (Å²) in [5.74, 6) is -12.0. The number of amides is 5. The molecule has 35 heteroatoms. The van der Waals surface area contributed by atoms with Gasteiger partial charge in [0.1, 0.15) is 36.0 Å². The number of hydrogen-bond donors (Lipinski definition) is 10. The molecule has 2 unspecified atom stereocenters. The van der Waals surface area contributed by atoms with Crippen molar-refractivity contribution in [3.05, 3.63) is 149 Å². The van der Waals surface area contributed by atoms with Gasteiger partial charge >= 0.3 is 35.8 Å². The Bertz CT molecular complexity index is 4360. The quantitative estimate of drug-likeness (QED) is 0.0132. The molecule has 10 rings (SSSR count). The number of esters is 5. The SMILES string of the molecule is CC(=O)O[C@H]1C(=O)[C@@]2(C)[C@H]([C@H](OC(=O)c3ccccc3)[C@]3(O)C[C@H](OC(=O)[C@H](OC(=O)CN(C)CC(=O)NCCOCCOCCOCCNC(=O)CC[C@H](NC(=O)c4ccc(NCC5=NC6C(=O)NC(N)=NC6N=C5)cc4)C(=O)O)[C@@H](NC(=O)c4ccccc4)c4ccccc4)C(C)=C1C3(C)C)[C@]1(OC(C)=O)CO[C@@H]1C[C@@H]2O. The van der Waals surface area contributed by atoms with Crippen molar-refractivity contribution in [3.63, 3.8) is 0 Å². The van der Waals surface area contributed by atoms with Gasteiger partial charge in [0.15, 0.2) is 35.7 Å². The number of Topliss-reactive ketones (excluding diaryl/α,β-unsaturated/α-hetero) is 1. The van der Waals surface area contributed by atoms with E-state index < -0.39 is 180 Å². The van der Waals surface area contributed by atoms with Crippen LogP contribution in [0, 0.1) is 16.7 Å². The Morgan fingerprint density at radius 3 is 1.93 bits per heavy atom. The number of aliphatic hydroxyl groups excluding tert-OH is 1. The zero-order valence-electron chi connectivity index (χ0n) is 64.0. The lowest BCUT2D eigenvalue weighted by atomic mass is 9.44. The number of anilines is 1. The third-order valence-corrected chi connectivity index (χ3v) is 21.0. The van der Waals surface area contributed by atoms with Crippen LogP contribution in [0.5, 0.6) is 0 Å². The molecule has 0 radical (unpaired) electrons. The maximum Gasteiger partial charge on any atom is 0.350 e. The molecule has 0 aromatic heterocycles. The van der Waals surface area contributed by atoms with Crippen LogP contribution in [-0.2, 0) is 85.8 Å². The van der Waals surface area contributed by atoms with E-state index in [1.165, 1.54) is 82.3 Å². The largest absolute Gasteiger partial charge is 0.480 e. The van der Waals surface area contributed by atoms with E-state index in [-0.39, 0.29) is 124 Å². The normalized spacial score (nSPS) is 25.1. The molecule has 6 aliphatic rings. The van der Waals surface area contributed by atoms with Crippen LogP contribution in [-0.4, -0.2) is 261 Å². The Kier molecular flexibility index (Phi) is 28.1. The number of carbonyl (C=O) groups is 12. The van der Waals surface area contributed by atoms with E-state index in [0.29, 0.717) is 11.4 Å². The number of carbonyl (C=O) groups excluding carboxylic acids is 11. The lowest BCUT2D eigenvalue weighted by Crippen LogP contribution is -2.82. The van der Waals surface area contributed by atoms with Gasteiger partial charge in [0.05, 0.1) is 94.6 Å². The number of carboxylic acid groups (broad SMARTS) is 1. The maximum absolute atomic E-state index is 15.9. The van der Waals surface area contributed by atoms with E-state index in [9.17, 15) is 63.3 Å². The molecule has 610 valence electrons. The number of benzene rings is 4. The van der Waals surface area contributed by atoms with Crippen molar-refractivity contribution >= 4 is 94.7 Å². The summed E-state index contributed by atoms with van der Waals surface area (Å²) >= 11 is 0. The van der Waals surface area contributed by atoms with E-state index in [1.54, 1.807) is 78.9 Å². The number of likely N-dealkylation sites (N-methyl/N-ethyl adjacent to an activating group) is 1. The Morgan fingerprint density at radius 1 is 0.728 bits per heavy atom. The molecule has 4 aromatic rings. The molecular formula is C79H95N11O24. The summed E-state index contributed by atoms with van der Waals surface area (Å²) in [4.78, 5) is 179. The van der Waals surface area contributed by atoms with Gasteiger partial charge in [-0.2, -0.15) is 0 Å². The van der Waals surface area contributed by atoms with Gasteiger partial charge in [-0.1, -0.05) is 80.6 Å². The first-order valence-electron chi connectivity index (χ1n) is 37.1. The van der Waals surface area contributed by atoms with E-state index >= 15 is 9.59 Å². The number of nitrogens with one attached hydrogen (secondary N) is 6. The molecule has 5 amide bonds. The fourth-order valence-electron chi connectivity index (χ4n) is 15.2. The smallest absolute Gasteiger partial charge is 0.350 e. The number of nitrogens with zero attached hydrogens (tertiary/aromatic N) is 4. The number of aliphatic carboxylic acids is 1. The molecule has 35 nitrogen and oxygen atoms in total. The van der Waals surface area contributed by atoms with Crippen LogP contribution >= 0.6 is 0 Å². The van der Waals surface area contributed by atoms with E-state index in [2.05, 4.69) is 46.9 Å². The van der Waals surface area contributed by atoms with Crippen LogP contribution in [0.2, 0.25) is 0 Å². The summed E-state index contributed by atoms with van der Waals surface area (Å²) in [7, 11) is 1.43. The molecule has 3 aliphatic heterocycles. The van der Waals surface area contributed by atoms with Crippen LogP contribution < -0.4 is 37.6 Å². The van der Waals surface area contributed by atoms with E-state index in [4.69, 9.17) is 48.4 Å². The molecule has 3 heterocycles. The van der Waals surface area contributed by atoms with Gasteiger partial charge < -0.3 is 90.3 Å². The fraction of sp³-hybridized carbons (Fsp3) is 0.481. The van der Waals surface area contributed by atoms with Crippen molar-refractivity contribution < 1.29 is 115 Å². The first-order chi connectivity index (χ1) is 54.3. The molecule has 1 saturated heterocycles. The van der Waals surface area contributed by atoms with Gasteiger partial charge in [-0.25, -0.2) is 19.4 Å². The van der Waals surface area contributed by atoms with Crippen LogP contribution in [0.4, 0.5) is 5.69 Å². The number of rotatable bonds is 36. The van der Waals surface area contributed by atoms with Gasteiger partial charge in [0.25, 0.3) is 17.7 Å². The lowest BCUT2D eigenvalue weighted by Gasteiger charge is -2.67. The second kappa shape index (κ2) is 37.6. The molecule has 2 bridgehead atoms. The Morgan fingerprint density at radius 2 is 1.32 bits per heavy atom. The minimum absolute atomic E-state index is 0.00137. The highest BCUT2D eigenvalue weighted by Crippen LogP contribution is 2.64. The highest BCUT2D eigenvalue weighted by atomic mass is 16.6. The first kappa shape index (κ1) is 85.2. The van der Waals surface area contributed by atoms with E-state index in [0.717, 1.165) is 13.8 Å². The van der Waals surface area contributed by atoms with Crippen molar-refractivity contribution in [2.24, 2.45) is 37.5 Å². The first-order valence-corrected chi connectivity index (χ1v) is 37.1. The fourth-order valence-corrected chi connectivity index (χ4v) is 15.2. The second-order valence-corrected chi connectivity index (χ2v) is 29.1. The average molecular weight is 1580 g/mol. The second-order valence-electron chi connectivity index (χ2n) is 29.1. The Labute approximate surface area is 655 Å². The third kappa shape index (κ3) is 19.9. The zero-order valence-corrected chi connectivity index (χ0v) is 64.0.